The average Bonchev–Trinajstić information content (AvgIpc) is 2.71. The van der Waals surface area contributed by atoms with Crippen LogP contribution in [0, 0.1) is 5.92 Å². The van der Waals surface area contributed by atoms with E-state index in [2.05, 4.69) is 88.8 Å². The molecule has 154 valence electrons. The van der Waals surface area contributed by atoms with Crippen LogP contribution in [0.4, 0.5) is 0 Å². The van der Waals surface area contributed by atoms with Gasteiger partial charge in [-0.2, -0.15) is 0 Å². The fraction of sp³-hybridized carbons (Fsp3) is 0.538. The lowest BCUT2D eigenvalue weighted by Gasteiger charge is -2.42. The second-order valence-corrected chi connectivity index (χ2v) is 8.48. The Morgan fingerprint density at radius 3 is 2.46 bits per heavy atom. The van der Waals surface area contributed by atoms with E-state index in [1.165, 1.54) is 40.7 Å². The summed E-state index contributed by atoms with van der Waals surface area (Å²) in [4.78, 5) is 2.32. The Kier molecular flexibility index (Phi) is 8.57. The highest BCUT2D eigenvalue weighted by atomic mass is 15.1. The monoisotopic (exact) mass is 380 g/mol. The first-order valence-corrected chi connectivity index (χ1v) is 10.9. The van der Waals surface area contributed by atoms with Crippen LogP contribution in [0.15, 0.2) is 48.2 Å². The van der Waals surface area contributed by atoms with Gasteiger partial charge in [0.15, 0.2) is 0 Å². The second kappa shape index (κ2) is 10.7. The number of piperidine rings is 1. The van der Waals surface area contributed by atoms with E-state index in [-0.39, 0.29) is 0 Å². The van der Waals surface area contributed by atoms with Crippen LogP contribution in [0.5, 0.6) is 0 Å². The molecule has 0 saturated carbocycles. The van der Waals surface area contributed by atoms with Crippen LogP contribution in [-0.2, 0) is 6.42 Å². The average molecular weight is 381 g/mol. The van der Waals surface area contributed by atoms with Crippen LogP contribution in [0.1, 0.15) is 70.1 Å². The Balaban J connectivity index is 2.67. The zero-order valence-corrected chi connectivity index (χ0v) is 18.9. The number of benzene rings is 1. The maximum Gasteiger partial charge on any atom is 0.0562 e. The minimum Gasteiger partial charge on any atom is -0.374 e. The highest BCUT2D eigenvalue weighted by Crippen LogP contribution is 2.41. The van der Waals surface area contributed by atoms with Gasteiger partial charge in [0.25, 0.3) is 0 Å². The predicted molar refractivity (Wildman–Crippen MR) is 125 cm³/mol. The molecule has 1 saturated heterocycles. The first-order chi connectivity index (χ1) is 13.4. The molecule has 2 atom stereocenters. The summed E-state index contributed by atoms with van der Waals surface area (Å²) in [6, 6.07) is 7.49. The molecular weight excluding hydrogens is 340 g/mol. The number of likely N-dealkylation sites (N-methyl/N-ethyl adjacent to an activating group) is 1. The number of aryl methyl sites for hydroxylation is 1. The summed E-state index contributed by atoms with van der Waals surface area (Å²) in [6.45, 7) is 17.4. The van der Waals surface area contributed by atoms with Crippen LogP contribution in [0.2, 0.25) is 0 Å². The summed E-state index contributed by atoms with van der Waals surface area (Å²) >= 11 is 0. The number of nitrogens with one attached hydrogen (secondary N) is 1. The number of rotatable bonds is 8. The van der Waals surface area contributed by atoms with Crippen molar-refractivity contribution in [1.29, 1.82) is 0 Å². The lowest BCUT2D eigenvalue weighted by Crippen LogP contribution is -2.41. The molecule has 2 unspecified atom stereocenters. The van der Waals surface area contributed by atoms with Gasteiger partial charge in [0.05, 0.1) is 6.04 Å². The Hall–Kier alpha value is -1.80. The highest BCUT2D eigenvalue weighted by molar-refractivity contribution is 5.59. The maximum absolute atomic E-state index is 4.09. The van der Waals surface area contributed by atoms with Crippen molar-refractivity contribution in [3.8, 4) is 0 Å². The number of hydrogen-bond donors (Lipinski definition) is 1. The summed E-state index contributed by atoms with van der Waals surface area (Å²) in [5.41, 5.74) is 7.08. The van der Waals surface area contributed by atoms with E-state index in [1.807, 2.05) is 6.20 Å². The largest absolute Gasteiger partial charge is 0.374 e. The van der Waals surface area contributed by atoms with Crippen LogP contribution < -0.4 is 5.32 Å². The Bertz CT molecular complexity index is 703. The van der Waals surface area contributed by atoms with Crippen molar-refractivity contribution < 1.29 is 0 Å². The summed E-state index contributed by atoms with van der Waals surface area (Å²) in [5.74, 6) is 1.12. The van der Waals surface area contributed by atoms with Gasteiger partial charge < -0.3 is 10.2 Å². The molecule has 1 aliphatic rings. The van der Waals surface area contributed by atoms with Gasteiger partial charge in [-0.15, -0.1) is 0 Å². The van der Waals surface area contributed by atoms with E-state index < -0.39 is 0 Å². The van der Waals surface area contributed by atoms with Crippen LogP contribution in [0.3, 0.4) is 0 Å². The van der Waals surface area contributed by atoms with Gasteiger partial charge in [-0.1, -0.05) is 55.0 Å². The third-order valence-corrected chi connectivity index (χ3v) is 6.24. The fourth-order valence-electron chi connectivity index (χ4n) is 4.61. The molecule has 0 spiro atoms. The predicted octanol–water partition coefficient (Wildman–Crippen LogP) is 6.17. The van der Waals surface area contributed by atoms with Gasteiger partial charge in [0.2, 0.25) is 0 Å². The zero-order valence-electron chi connectivity index (χ0n) is 18.9. The van der Waals surface area contributed by atoms with Crippen molar-refractivity contribution in [3.63, 3.8) is 0 Å². The molecule has 0 radical (unpaired) electrons. The first kappa shape index (κ1) is 22.5. The topological polar surface area (TPSA) is 15.3 Å². The minimum atomic E-state index is 0.336. The molecule has 1 aromatic rings. The number of allylic oxidation sites excluding steroid dienone is 2. The lowest BCUT2D eigenvalue weighted by atomic mass is 9.72. The van der Waals surface area contributed by atoms with Gasteiger partial charge >= 0.3 is 0 Å². The standard InChI is InChI=1S/C26H40N2/c1-8-20(6)26(28(7)10-3)25(22-13-15-27-16-14-22)24-12-11-21(9-2)18-23(24)17-19(4)5/h8,10-12,17-18,22,25-27H,3,9,13-16H2,1-2,4-7H3/b20-8-. The molecule has 1 fully saturated rings. The quantitative estimate of drug-likeness (QED) is 0.543. The highest BCUT2D eigenvalue weighted by Gasteiger charge is 2.35. The van der Waals surface area contributed by atoms with E-state index >= 15 is 0 Å². The van der Waals surface area contributed by atoms with Crippen molar-refractivity contribution in [1.82, 2.24) is 10.2 Å². The summed E-state index contributed by atoms with van der Waals surface area (Å²) in [7, 11) is 2.18. The van der Waals surface area contributed by atoms with E-state index in [9.17, 15) is 0 Å². The minimum absolute atomic E-state index is 0.336. The van der Waals surface area contributed by atoms with Crippen LogP contribution in [-0.4, -0.2) is 31.1 Å². The molecule has 2 nitrogen and oxygen atoms in total. The maximum atomic E-state index is 4.09. The normalized spacial score (nSPS) is 17.7. The fourth-order valence-corrected chi connectivity index (χ4v) is 4.61. The molecule has 1 aliphatic heterocycles. The Morgan fingerprint density at radius 1 is 1.25 bits per heavy atom. The second-order valence-electron chi connectivity index (χ2n) is 8.48. The van der Waals surface area contributed by atoms with Crippen molar-refractivity contribution in [2.45, 2.75) is 65.8 Å². The summed E-state index contributed by atoms with van der Waals surface area (Å²) in [5, 5.41) is 3.55. The molecule has 0 bridgehead atoms. The van der Waals surface area contributed by atoms with Crippen molar-refractivity contribution in [2.24, 2.45) is 5.92 Å². The molecule has 2 rings (SSSR count). The molecule has 1 N–H and O–H groups in total. The van der Waals surface area contributed by atoms with E-state index in [0.717, 1.165) is 19.5 Å². The third-order valence-electron chi connectivity index (χ3n) is 6.24. The summed E-state index contributed by atoms with van der Waals surface area (Å²) < 4.78 is 0. The van der Waals surface area contributed by atoms with Crippen LogP contribution in [0.25, 0.3) is 6.08 Å². The molecule has 0 amide bonds. The van der Waals surface area contributed by atoms with Gasteiger partial charge in [-0.3, -0.25) is 0 Å². The Labute approximate surface area is 173 Å². The number of hydrogen-bond acceptors (Lipinski definition) is 2. The van der Waals surface area contributed by atoms with Crippen molar-refractivity contribution >= 4 is 6.08 Å². The first-order valence-electron chi connectivity index (χ1n) is 10.9. The molecule has 28 heavy (non-hydrogen) atoms. The summed E-state index contributed by atoms with van der Waals surface area (Å²) in [6.07, 6.45) is 10.2. The van der Waals surface area contributed by atoms with Gasteiger partial charge in [0, 0.05) is 13.0 Å². The van der Waals surface area contributed by atoms with E-state index in [4.69, 9.17) is 0 Å². The van der Waals surface area contributed by atoms with E-state index in [0.29, 0.717) is 17.9 Å². The van der Waals surface area contributed by atoms with Crippen molar-refractivity contribution in [2.75, 3.05) is 20.1 Å². The molecule has 1 heterocycles. The molecule has 0 aliphatic carbocycles. The number of nitrogens with zero attached hydrogens (tertiary/aromatic N) is 1. The van der Waals surface area contributed by atoms with Gasteiger partial charge in [-0.05, 0) is 88.9 Å². The Morgan fingerprint density at radius 2 is 1.93 bits per heavy atom. The molecule has 1 aromatic carbocycles. The molecule has 2 heteroatoms. The van der Waals surface area contributed by atoms with Gasteiger partial charge in [0.1, 0.15) is 0 Å². The lowest BCUT2D eigenvalue weighted by molar-refractivity contribution is 0.224. The van der Waals surface area contributed by atoms with Crippen LogP contribution >= 0.6 is 0 Å². The molecular formula is C26H40N2. The van der Waals surface area contributed by atoms with Gasteiger partial charge in [-0.25, -0.2) is 0 Å². The van der Waals surface area contributed by atoms with Crippen molar-refractivity contribution in [3.05, 3.63) is 64.9 Å². The smallest absolute Gasteiger partial charge is 0.0562 e. The third kappa shape index (κ3) is 5.38. The molecule has 0 aromatic heterocycles. The zero-order chi connectivity index (χ0) is 20.7. The van der Waals surface area contributed by atoms with E-state index in [1.54, 1.807) is 0 Å². The SMILES string of the molecule is C=CN(C)C(/C(C)=C\C)C(c1ccc(CC)cc1C=C(C)C)C1CCNCC1.